The van der Waals surface area contributed by atoms with Gasteiger partial charge in [0, 0.05) is 25.4 Å². The average molecular weight is 272 g/mol. The number of carbonyl (C=O) groups excluding carboxylic acids is 1. The van der Waals surface area contributed by atoms with Crippen molar-refractivity contribution in [2.75, 3.05) is 0 Å². The third-order valence-electron chi connectivity index (χ3n) is 3.33. The molecule has 1 saturated carbocycles. The van der Waals surface area contributed by atoms with Gasteiger partial charge in [-0.2, -0.15) is 5.10 Å². The van der Waals surface area contributed by atoms with Gasteiger partial charge in [-0.05, 0) is 26.7 Å². The number of aromatic nitrogens is 3. The molecule has 0 saturated heterocycles. The summed E-state index contributed by atoms with van der Waals surface area (Å²) in [5, 5.41) is 6.86. The van der Waals surface area contributed by atoms with Gasteiger partial charge in [-0.3, -0.25) is 4.79 Å². The second kappa shape index (κ2) is 5.22. The van der Waals surface area contributed by atoms with Crippen LogP contribution in [0.1, 0.15) is 49.1 Å². The molecule has 0 radical (unpaired) electrons. The minimum Gasteiger partial charge on any atom is -0.347 e. The van der Waals surface area contributed by atoms with E-state index in [2.05, 4.69) is 15.4 Å². The first-order valence-corrected chi connectivity index (χ1v) is 6.51. The molecular formula is C12H18F2N4O. The Balaban J connectivity index is 1.98. The van der Waals surface area contributed by atoms with E-state index in [1.165, 1.54) is 4.68 Å². The number of aryl methyl sites for hydroxylation is 2. The van der Waals surface area contributed by atoms with E-state index >= 15 is 0 Å². The Labute approximate surface area is 110 Å². The van der Waals surface area contributed by atoms with Crippen LogP contribution in [-0.2, 0) is 6.54 Å². The SMILES string of the molecule is CCn1nc(C)nc1C(=O)NC1CCC(F)(F)CC1. The lowest BCUT2D eigenvalue weighted by atomic mass is 9.92. The summed E-state index contributed by atoms with van der Waals surface area (Å²) in [6.45, 7) is 4.13. The van der Waals surface area contributed by atoms with Gasteiger partial charge in [0.25, 0.3) is 5.91 Å². The van der Waals surface area contributed by atoms with Crippen molar-refractivity contribution < 1.29 is 13.6 Å². The molecule has 1 fully saturated rings. The van der Waals surface area contributed by atoms with E-state index in [0.29, 0.717) is 25.2 Å². The van der Waals surface area contributed by atoms with E-state index in [1.54, 1.807) is 6.92 Å². The van der Waals surface area contributed by atoms with Gasteiger partial charge in [-0.25, -0.2) is 18.4 Å². The van der Waals surface area contributed by atoms with E-state index < -0.39 is 5.92 Å². The fourth-order valence-corrected chi connectivity index (χ4v) is 2.28. The fourth-order valence-electron chi connectivity index (χ4n) is 2.28. The van der Waals surface area contributed by atoms with E-state index in [1.807, 2.05) is 6.92 Å². The fraction of sp³-hybridized carbons (Fsp3) is 0.750. The van der Waals surface area contributed by atoms with Crippen molar-refractivity contribution in [2.45, 2.75) is 58.0 Å². The molecule has 0 aliphatic heterocycles. The lowest BCUT2D eigenvalue weighted by Crippen LogP contribution is -2.41. The molecule has 1 heterocycles. The second-order valence-electron chi connectivity index (χ2n) is 4.90. The molecule has 1 amide bonds. The molecule has 106 valence electrons. The predicted octanol–water partition coefficient (Wildman–Crippen LogP) is 1.91. The first kappa shape index (κ1) is 13.9. The highest BCUT2D eigenvalue weighted by atomic mass is 19.3. The summed E-state index contributed by atoms with van der Waals surface area (Å²) in [5.41, 5.74) is 0. The second-order valence-corrected chi connectivity index (χ2v) is 4.90. The van der Waals surface area contributed by atoms with Crippen LogP contribution in [0, 0.1) is 6.92 Å². The number of alkyl halides is 2. The first-order valence-electron chi connectivity index (χ1n) is 6.51. The molecule has 1 aromatic rings. The Morgan fingerprint density at radius 1 is 1.47 bits per heavy atom. The molecule has 0 atom stereocenters. The van der Waals surface area contributed by atoms with Crippen molar-refractivity contribution in [3.05, 3.63) is 11.6 Å². The molecule has 1 aliphatic carbocycles. The number of halogens is 2. The maximum absolute atomic E-state index is 13.0. The number of hydrogen-bond donors (Lipinski definition) is 1. The maximum atomic E-state index is 13.0. The molecule has 0 spiro atoms. The van der Waals surface area contributed by atoms with Crippen LogP contribution in [0.2, 0.25) is 0 Å². The van der Waals surface area contributed by atoms with E-state index in [4.69, 9.17) is 0 Å². The summed E-state index contributed by atoms with van der Waals surface area (Å²) in [4.78, 5) is 16.1. The third kappa shape index (κ3) is 3.27. The normalized spacial score (nSPS) is 19.4. The number of hydrogen-bond acceptors (Lipinski definition) is 3. The molecule has 0 bridgehead atoms. The van der Waals surface area contributed by atoms with Gasteiger partial charge in [-0.15, -0.1) is 0 Å². The number of rotatable bonds is 3. The van der Waals surface area contributed by atoms with Crippen molar-refractivity contribution in [1.82, 2.24) is 20.1 Å². The van der Waals surface area contributed by atoms with Crippen molar-refractivity contribution in [3.63, 3.8) is 0 Å². The molecule has 7 heteroatoms. The van der Waals surface area contributed by atoms with E-state index in [-0.39, 0.29) is 30.6 Å². The molecule has 5 nitrogen and oxygen atoms in total. The molecule has 0 unspecified atom stereocenters. The van der Waals surface area contributed by atoms with Gasteiger partial charge in [0.1, 0.15) is 5.82 Å². The maximum Gasteiger partial charge on any atom is 0.289 e. The molecule has 2 rings (SSSR count). The van der Waals surface area contributed by atoms with Gasteiger partial charge >= 0.3 is 0 Å². The molecule has 1 N–H and O–H groups in total. The Morgan fingerprint density at radius 2 is 2.11 bits per heavy atom. The summed E-state index contributed by atoms with van der Waals surface area (Å²) in [5.74, 6) is -2.14. The molecule has 1 aromatic heterocycles. The minimum absolute atomic E-state index is 0.169. The van der Waals surface area contributed by atoms with Crippen LogP contribution in [0.15, 0.2) is 0 Å². The average Bonchev–Trinajstić information content (AvgIpc) is 2.73. The van der Waals surface area contributed by atoms with Crippen molar-refractivity contribution in [2.24, 2.45) is 0 Å². The van der Waals surface area contributed by atoms with Crippen LogP contribution in [-0.4, -0.2) is 32.6 Å². The van der Waals surface area contributed by atoms with Gasteiger partial charge in [0.2, 0.25) is 11.7 Å². The minimum atomic E-state index is -2.58. The van der Waals surface area contributed by atoms with Gasteiger partial charge in [0.15, 0.2) is 0 Å². The Bertz CT molecular complexity index is 462. The smallest absolute Gasteiger partial charge is 0.289 e. The highest BCUT2D eigenvalue weighted by Crippen LogP contribution is 2.33. The highest BCUT2D eigenvalue weighted by Gasteiger charge is 2.35. The largest absolute Gasteiger partial charge is 0.347 e. The van der Waals surface area contributed by atoms with Crippen LogP contribution in [0.25, 0.3) is 0 Å². The predicted molar refractivity (Wildman–Crippen MR) is 65.1 cm³/mol. The summed E-state index contributed by atoms with van der Waals surface area (Å²) < 4.78 is 27.6. The van der Waals surface area contributed by atoms with Gasteiger partial charge in [-0.1, -0.05) is 0 Å². The zero-order chi connectivity index (χ0) is 14.0. The van der Waals surface area contributed by atoms with E-state index in [9.17, 15) is 13.6 Å². The molecule has 19 heavy (non-hydrogen) atoms. The van der Waals surface area contributed by atoms with Crippen LogP contribution >= 0.6 is 0 Å². The standard InChI is InChI=1S/C12H18F2N4O/c1-3-18-10(15-8(2)17-18)11(19)16-9-4-6-12(13,14)7-5-9/h9H,3-7H2,1-2H3,(H,16,19). The Morgan fingerprint density at radius 3 is 2.68 bits per heavy atom. The number of nitrogens with one attached hydrogen (secondary N) is 1. The van der Waals surface area contributed by atoms with Crippen LogP contribution in [0.3, 0.4) is 0 Å². The van der Waals surface area contributed by atoms with Crippen LogP contribution < -0.4 is 5.32 Å². The highest BCUT2D eigenvalue weighted by molar-refractivity contribution is 5.90. The molecule has 0 aromatic carbocycles. The monoisotopic (exact) mass is 272 g/mol. The third-order valence-corrected chi connectivity index (χ3v) is 3.33. The summed E-state index contributed by atoms with van der Waals surface area (Å²) >= 11 is 0. The first-order chi connectivity index (χ1) is 8.91. The summed E-state index contributed by atoms with van der Waals surface area (Å²) in [7, 11) is 0. The van der Waals surface area contributed by atoms with Crippen molar-refractivity contribution >= 4 is 5.91 Å². The van der Waals surface area contributed by atoms with Crippen molar-refractivity contribution in [3.8, 4) is 0 Å². The summed E-state index contributed by atoms with van der Waals surface area (Å²) in [6.07, 6.45) is 0.269. The topological polar surface area (TPSA) is 59.8 Å². The Kier molecular flexibility index (Phi) is 3.82. The molecular weight excluding hydrogens is 254 g/mol. The summed E-state index contributed by atoms with van der Waals surface area (Å²) in [6, 6.07) is -0.200. The lowest BCUT2D eigenvalue weighted by Gasteiger charge is -2.28. The van der Waals surface area contributed by atoms with Crippen LogP contribution in [0.5, 0.6) is 0 Å². The number of amides is 1. The quantitative estimate of drug-likeness (QED) is 0.914. The van der Waals surface area contributed by atoms with Gasteiger partial charge < -0.3 is 5.32 Å². The lowest BCUT2D eigenvalue weighted by molar-refractivity contribution is -0.0399. The zero-order valence-corrected chi connectivity index (χ0v) is 11.1. The number of carbonyl (C=O) groups is 1. The number of nitrogens with zero attached hydrogens (tertiary/aromatic N) is 3. The van der Waals surface area contributed by atoms with Gasteiger partial charge in [0.05, 0.1) is 0 Å². The zero-order valence-electron chi connectivity index (χ0n) is 11.1. The van der Waals surface area contributed by atoms with E-state index in [0.717, 1.165) is 0 Å². The van der Waals surface area contributed by atoms with Crippen LogP contribution in [0.4, 0.5) is 8.78 Å². The Hall–Kier alpha value is -1.53. The van der Waals surface area contributed by atoms with Crippen molar-refractivity contribution in [1.29, 1.82) is 0 Å². The molecule has 1 aliphatic rings.